The quantitative estimate of drug-likeness (QED) is 0.862. The molecule has 0 fully saturated rings. The predicted octanol–water partition coefficient (Wildman–Crippen LogP) is 3.86. The molecule has 1 unspecified atom stereocenters. The molecule has 106 valence electrons. The SMILES string of the molecule is CCC(CC#Cc1ccccc1)(C(=O)O)c1ccccc1. The van der Waals surface area contributed by atoms with E-state index in [1.165, 1.54) is 0 Å². The van der Waals surface area contributed by atoms with E-state index in [0.29, 0.717) is 12.8 Å². The van der Waals surface area contributed by atoms with Crippen LogP contribution in [0.4, 0.5) is 0 Å². The minimum atomic E-state index is -0.941. The zero-order valence-electron chi connectivity index (χ0n) is 12.0. The summed E-state index contributed by atoms with van der Waals surface area (Å²) in [6.45, 7) is 1.89. The van der Waals surface area contributed by atoms with E-state index in [9.17, 15) is 9.90 Å². The standard InChI is InChI=1S/C19H18O2/c1-2-19(18(20)21,17-13-7-4-8-14-17)15-9-12-16-10-5-3-6-11-16/h3-8,10-11,13-14H,2,15H2,1H3,(H,20,21). The first-order valence-electron chi connectivity index (χ1n) is 7.02. The van der Waals surface area contributed by atoms with Gasteiger partial charge in [0, 0.05) is 12.0 Å². The van der Waals surface area contributed by atoms with Crippen molar-refractivity contribution in [2.45, 2.75) is 25.2 Å². The van der Waals surface area contributed by atoms with Crippen molar-refractivity contribution in [3.8, 4) is 11.8 Å². The number of benzene rings is 2. The van der Waals surface area contributed by atoms with Crippen LogP contribution in [-0.2, 0) is 10.2 Å². The number of hydrogen-bond acceptors (Lipinski definition) is 1. The maximum absolute atomic E-state index is 11.8. The monoisotopic (exact) mass is 278 g/mol. The van der Waals surface area contributed by atoms with Gasteiger partial charge in [-0.05, 0) is 24.1 Å². The van der Waals surface area contributed by atoms with Gasteiger partial charge in [-0.15, -0.1) is 0 Å². The Bertz CT molecular complexity index is 650. The van der Waals surface area contributed by atoms with Gasteiger partial charge in [-0.2, -0.15) is 0 Å². The van der Waals surface area contributed by atoms with Crippen molar-refractivity contribution in [2.24, 2.45) is 0 Å². The van der Waals surface area contributed by atoms with Crippen molar-refractivity contribution in [2.75, 3.05) is 0 Å². The Hall–Kier alpha value is -2.53. The summed E-state index contributed by atoms with van der Waals surface area (Å²) >= 11 is 0. The van der Waals surface area contributed by atoms with Crippen LogP contribution in [0.5, 0.6) is 0 Å². The molecule has 21 heavy (non-hydrogen) atoms. The normalized spacial score (nSPS) is 12.8. The molecule has 0 aromatic heterocycles. The number of hydrogen-bond donors (Lipinski definition) is 1. The molecule has 0 saturated heterocycles. The second kappa shape index (κ2) is 6.76. The van der Waals surface area contributed by atoms with Gasteiger partial charge in [0.15, 0.2) is 0 Å². The van der Waals surface area contributed by atoms with E-state index in [0.717, 1.165) is 11.1 Å². The van der Waals surface area contributed by atoms with E-state index in [1.54, 1.807) is 0 Å². The Morgan fingerprint density at radius 2 is 1.62 bits per heavy atom. The van der Waals surface area contributed by atoms with Crippen molar-refractivity contribution in [1.29, 1.82) is 0 Å². The van der Waals surface area contributed by atoms with Crippen molar-refractivity contribution in [1.82, 2.24) is 0 Å². The van der Waals surface area contributed by atoms with Crippen LogP contribution >= 0.6 is 0 Å². The van der Waals surface area contributed by atoms with Crippen LogP contribution in [0.15, 0.2) is 60.7 Å². The van der Waals surface area contributed by atoms with E-state index in [2.05, 4.69) is 11.8 Å². The summed E-state index contributed by atoms with van der Waals surface area (Å²) in [5, 5.41) is 9.71. The molecular weight excluding hydrogens is 260 g/mol. The van der Waals surface area contributed by atoms with Crippen LogP contribution in [-0.4, -0.2) is 11.1 Å². The molecule has 1 atom stereocenters. The fourth-order valence-corrected chi connectivity index (χ4v) is 2.36. The number of carbonyl (C=O) groups is 1. The van der Waals surface area contributed by atoms with Crippen molar-refractivity contribution < 1.29 is 9.90 Å². The highest BCUT2D eigenvalue weighted by molar-refractivity contribution is 5.81. The fourth-order valence-electron chi connectivity index (χ4n) is 2.36. The molecule has 2 rings (SSSR count). The second-order valence-electron chi connectivity index (χ2n) is 4.95. The van der Waals surface area contributed by atoms with E-state index in [1.807, 2.05) is 67.6 Å². The van der Waals surface area contributed by atoms with Gasteiger partial charge in [0.2, 0.25) is 0 Å². The first kappa shape index (κ1) is 14.9. The van der Waals surface area contributed by atoms with Gasteiger partial charge in [-0.25, -0.2) is 0 Å². The number of carboxylic acids is 1. The summed E-state index contributed by atoms with van der Waals surface area (Å²) in [6, 6.07) is 19.0. The molecule has 0 spiro atoms. The first-order valence-corrected chi connectivity index (χ1v) is 7.02. The zero-order valence-corrected chi connectivity index (χ0v) is 12.0. The zero-order chi connectivity index (χ0) is 15.1. The summed E-state index contributed by atoms with van der Waals surface area (Å²) in [4.78, 5) is 11.8. The Morgan fingerprint density at radius 3 is 2.14 bits per heavy atom. The highest BCUT2D eigenvalue weighted by Gasteiger charge is 2.37. The average molecular weight is 278 g/mol. The van der Waals surface area contributed by atoms with Crippen LogP contribution in [0.3, 0.4) is 0 Å². The summed E-state index contributed by atoms with van der Waals surface area (Å²) in [5.41, 5.74) is 0.770. The summed E-state index contributed by atoms with van der Waals surface area (Å²) < 4.78 is 0. The van der Waals surface area contributed by atoms with E-state index >= 15 is 0 Å². The Kier molecular flexibility index (Phi) is 4.79. The summed E-state index contributed by atoms with van der Waals surface area (Å²) in [5.74, 6) is 5.27. The predicted molar refractivity (Wildman–Crippen MR) is 84.0 cm³/mol. The summed E-state index contributed by atoms with van der Waals surface area (Å²) in [7, 11) is 0. The molecule has 0 bridgehead atoms. The Labute approximate surface area is 125 Å². The smallest absolute Gasteiger partial charge is 0.315 e. The molecule has 2 nitrogen and oxygen atoms in total. The minimum Gasteiger partial charge on any atom is -0.481 e. The van der Waals surface area contributed by atoms with Gasteiger partial charge in [0.05, 0.1) is 0 Å². The highest BCUT2D eigenvalue weighted by atomic mass is 16.4. The third-order valence-electron chi connectivity index (χ3n) is 3.74. The van der Waals surface area contributed by atoms with E-state index in [-0.39, 0.29) is 0 Å². The van der Waals surface area contributed by atoms with Crippen LogP contribution in [0.25, 0.3) is 0 Å². The largest absolute Gasteiger partial charge is 0.481 e. The molecule has 0 amide bonds. The second-order valence-corrected chi connectivity index (χ2v) is 4.95. The number of aliphatic carboxylic acids is 1. The van der Waals surface area contributed by atoms with Gasteiger partial charge in [-0.3, -0.25) is 4.79 Å². The molecular formula is C19H18O2. The highest BCUT2D eigenvalue weighted by Crippen LogP contribution is 2.31. The summed E-state index contributed by atoms with van der Waals surface area (Å²) in [6.07, 6.45) is 0.813. The first-order chi connectivity index (χ1) is 10.2. The lowest BCUT2D eigenvalue weighted by atomic mass is 9.75. The maximum atomic E-state index is 11.8. The molecule has 0 aliphatic rings. The van der Waals surface area contributed by atoms with E-state index < -0.39 is 11.4 Å². The van der Waals surface area contributed by atoms with Gasteiger partial charge in [0.1, 0.15) is 5.41 Å². The molecule has 0 saturated carbocycles. The van der Waals surface area contributed by atoms with E-state index in [4.69, 9.17) is 0 Å². The minimum absolute atomic E-state index is 0.303. The number of carboxylic acid groups (broad SMARTS) is 1. The molecule has 2 heteroatoms. The van der Waals surface area contributed by atoms with Gasteiger partial charge < -0.3 is 5.11 Å². The third-order valence-corrected chi connectivity index (χ3v) is 3.74. The van der Waals surface area contributed by atoms with Crippen LogP contribution in [0.2, 0.25) is 0 Å². The number of rotatable bonds is 4. The molecule has 0 aliphatic carbocycles. The topological polar surface area (TPSA) is 37.3 Å². The lowest BCUT2D eigenvalue weighted by Crippen LogP contribution is -2.34. The van der Waals surface area contributed by atoms with Gasteiger partial charge >= 0.3 is 5.97 Å². The molecule has 0 heterocycles. The van der Waals surface area contributed by atoms with Gasteiger partial charge in [-0.1, -0.05) is 67.3 Å². The fraction of sp³-hybridized carbons (Fsp3) is 0.211. The third kappa shape index (κ3) is 3.32. The van der Waals surface area contributed by atoms with Crippen LogP contribution in [0.1, 0.15) is 30.9 Å². The van der Waals surface area contributed by atoms with Crippen molar-refractivity contribution >= 4 is 5.97 Å². The molecule has 0 aliphatic heterocycles. The Morgan fingerprint density at radius 1 is 1.05 bits per heavy atom. The molecule has 1 N–H and O–H groups in total. The van der Waals surface area contributed by atoms with Crippen molar-refractivity contribution in [3.63, 3.8) is 0 Å². The maximum Gasteiger partial charge on any atom is 0.315 e. The van der Waals surface area contributed by atoms with Gasteiger partial charge in [0.25, 0.3) is 0 Å². The van der Waals surface area contributed by atoms with Crippen LogP contribution < -0.4 is 0 Å². The molecule has 2 aromatic rings. The Balaban J connectivity index is 2.31. The lowest BCUT2D eigenvalue weighted by Gasteiger charge is -2.26. The average Bonchev–Trinajstić information content (AvgIpc) is 2.53. The van der Waals surface area contributed by atoms with Crippen molar-refractivity contribution in [3.05, 3.63) is 71.8 Å². The molecule has 0 radical (unpaired) electrons. The lowest BCUT2D eigenvalue weighted by molar-refractivity contribution is -0.143. The molecule has 2 aromatic carbocycles. The van der Waals surface area contributed by atoms with Crippen LogP contribution in [0, 0.1) is 11.8 Å².